The predicted octanol–water partition coefficient (Wildman–Crippen LogP) is 0.236. The van der Waals surface area contributed by atoms with Crippen LogP contribution in [0.2, 0.25) is 0 Å². The average Bonchev–Trinajstić information content (AvgIpc) is 3.19. The van der Waals surface area contributed by atoms with Gasteiger partial charge in [0.1, 0.15) is 11.3 Å². The summed E-state index contributed by atoms with van der Waals surface area (Å²) >= 11 is 0. The molecule has 0 amide bonds. The molecule has 0 heterocycles. The maximum absolute atomic E-state index is 12.4. The Morgan fingerprint density at radius 2 is 2.00 bits per heavy atom. The van der Waals surface area contributed by atoms with Gasteiger partial charge in [-0.15, -0.1) is 0 Å². The van der Waals surface area contributed by atoms with Gasteiger partial charge < -0.3 is 15.3 Å². The lowest BCUT2D eigenvalue weighted by atomic mass is 10.2. The topological polar surface area (TPSA) is 115 Å². The average molecular weight is 301 g/mol. The van der Waals surface area contributed by atoms with Crippen molar-refractivity contribution in [3.8, 4) is 5.75 Å². The minimum Gasteiger partial charge on any atom is -0.507 e. The summed E-state index contributed by atoms with van der Waals surface area (Å²) in [6, 6.07) is 2.98. The zero-order chi connectivity index (χ0) is 14.9. The molecule has 1 aromatic rings. The Bertz CT molecular complexity index is 623. The molecule has 0 spiro atoms. The lowest BCUT2D eigenvalue weighted by molar-refractivity contribution is 0.0693. The first-order valence-corrected chi connectivity index (χ1v) is 7.51. The Morgan fingerprint density at radius 1 is 1.35 bits per heavy atom. The van der Waals surface area contributed by atoms with Crippen LogP contribution < -0.4 is 0 Å². The third kappa shape index (κ3) is 2.77. The molecule has 0 saturated heterocycles. The zero-order valence-corrected chi connectivity index (χ0v) is 11.4. The molecular weight excluding hydrogens is 286 g/mol. The Balaban J connectivity index is 2.42. The highest BCUT2D eigenvalue weighted by atomic mass is 32.2. The largest absolute Gasteiger partial charge is 0.507 e. The predicted molar refractivity (Wildman–Crippen MR) is 69.1 cm³/mol. The minimum atomic E-state index is -3.87. The first-order chi connectivity index (χ1) is 9.37. The second kappa shape index (κ2) is 5.39. The summed E-state index contributed by atoms with van der Waals surface area (Å²) < 4.78 is 26.0. The number of hydrogen-bond acceptors (Lipinski definition) is 5. The van der Waals surface area contributed by atoms with Crippen molar-refractivity contribution in [3.05, 3.63) is 23.8 Å². The molecule has 0 aromatic heterocycles. The summed E-state index contributed by atoms with van der Waals surface area (Å²) in [6.07, 6.45) is 1.45. The molecule has 8 heteroatoms. The highest BCUT2D eigenvalue weighted by molar-refractivity contribution is 7.89. The molecule has 1 fully saturated rings. The van der Waals surface area contributed by atoms with Crippen molar-refractivity contribution < 1.29 is 28.5 Å². The number of nitrogens with zero attached hydrogens (tertiary/aromatic N) is 1. The Labute approximate surface area is 116 Å². The molecule has 1 aromatic carbocycles. The Hall–Kier alpha value is -1.64. The van der Waals surface area contributed by atoms with E-state index in [1.54, 1.807) is 0 Å². The molecule has 20 heavy (non-hydrogen) atoms. The van der Waals surface area contributed by atoms with Crippen LogP contribution in [0.25, 0.3) is 0 Å². The van der Waals surface area contributed by atoms with Crippen molar-refractivity contribution in [2.45, 2.75) is 23.8 Å². The molecular formula is C12H15NO6S. The molecule has 2 rings (SSSR count). The van der Waals surface area contributed by atoms with Crippen LogP contribution in [-0.4, -0.2) is 53.2 Å². The molecule has 1 aliphatic carbocycles. The monoisotopic (exact) mass is 301 g/mol. The number of phenols is 1. The van der Waals surface area contributed by atoms with Crippen LogP contribution in [0.15, 0.2) is 23.1 Å². The van der Waals surface area contributed by atoms with Crippen molar-refractivity contribution >= 4 is 16.0 Å². The van der Waals surface area contributed by atoms with E-state index in [1.165, 1.54) is 4.31 Å². The Kier molecular flexibility index (Phi) is 3.98. The van der Waals surface area contributed by atoms with Gasteiger partial charge in [-0.3, -0.25) is 0 Å². The van der Waals surface area contributed by atoms with Gasteiger partial charge in [0.15, 0.2) is 0 Å². The first kappa shape index (κ1) is 14.8. The van der Waals surface area contributed by atoms with E-state index in [0.29, 0.717) is 0 Å². The number of aliphatic hydroxyl groups excluding tert-OH is 1. The second-order valence-corrected chi connectivity index (χ2v) is 6.45. The highest BCUT2D eigenvalue weighted by Crippen LogP contribution is 2.32. The van der Waals surface area contributed by atoms with E-state index >= 15 is 0 Å². The highest BCUT2D eigenvalue weighted by Gasteiger charge is 2.38. The van der Waals surface area contributed by atoms with Gasteiger partial charge in [0.2, 0.25) is 10.0 Å². The molecule has 110 valence electrons. The van der Waals surface area contributed by atoms with Crippen LogP contribution in [0.1, 0.15) is 23.2 Å². The number of carboxylic acids is 1. The van der Waals surface area contributed by atoms with E-state index in [9.17, 15) is 18.3 Å². The van der Waals surface area contributed by atoms with Gasteiger partial charge in [-0.1, -0.05) is 0 Å². The lowest BCUT2D eigenvalue weighted by Crippen LogP contribution is -2.35. The molecule has 1 saturated carbocycles. The Morgan fingerprint density at radius 3 is 2.50 bits per heavy atom. The fourth-order valence-electron chi connectivity index (χ4n) is 1.94. The van der Waals surface area contributed by atoms with Gasteiger partial charge in [0.25, 0.3) is 0 Å². The fraction of sp³-hybridized carbons (Fsp3) is 0.417. The van der Waals surface area contributed by atoms with Crippen LogP contribution in [-0.2, 0) is 10.0 Å². The van der Waals surface area contributed by atoms with Crippen molar-refractivity contribution in [2.75, 3.05) is 13.2 Å². The maximum Gasteiger partial charge on any atom is 0.339 e. The normalized spacial score (nSPS) is 15.5. The minimum absolute atomic E-state index is 0.0315. The zero-order valence-electron chi connectivity index (χ0n) is 10.6. The van der Waals surface area contributed by atoms with E-state index in [2.05, 4.69) is 0 Å². The standard InChI is InChI=1S/C12H15NO6S/c14-6-5-13(8-1-2-8)20(18,19)9-3-4-11(15)10(7-9)12(16)17/h3-4,7-8,14-15H,1-2,5-6H2,(H,16,17). The lowest BCUT2D eigenvalue weighted by Gasteiger charge is -2.21. The van der Waals surface area contributed by atoms with Crippen molar-refractivity contribution in [1.82, 2.24) is 4.31 Å². The smallest absolute Gasteiger partial charge is 0.339 e. The molecule has 0 atom stereocenters. The molecule has 0 radical (unpaired) electrons. The van der Waals surface area contributed by atoms with E-state index in [4.69, 9.17) is 10.2 Å². The van der Waals surface area contributed by atoms with Crippen LogP contribution >= 0.6 is 0 Å². The summed E-state index contributed by atoms with van der Waals surface area (Å²) in [5, 5.41) is 27.3. The van der Waals surface area contributed by atoms with Crippen LogP contribution in [0, 0.1) is 0 Å². The van der Waals surface area contributed by atoms with E-state index in [1.807, 2.05) is 0 Å². The number of sulfonamides is 1. The van der Waals surface area contributed by atoms with Crippen molar-refractivity contribution in [3.63, 3.8) is 0 Å². The maximum atomic E-state index is 12.4. The quantitative estimate of drug-likeness (QED) is 0.693. The first-order valence-electron chi connectivity index (χ1n) is 6.07. The summed E-state index contributed by atoms with van der Waals surface area (Å²) in [5.74, 6) is -1.89. The number of carbonyl (C=O) groups is 1. The van der Waals surface area contributed by atoms with Gasteiger partial charge in [-0.2, -0.15) is 4.31 Å². The van der Waals surface area contributed by atoms with E-state index in [0.717, 1.165) is 31.0 Å². The number of hydrogen-bond donors (Lipinski definition) is 3. The van der Waals surface area contributed by atoms with E-state index in [-0.39, 0.29) is 24.1 Å². The molecule has 1 aliphatic rings. The molecule has 3 N–H and O–H groups in total. The second-order valence-electron chi connectivity index (χ2n) is 4.55. The third-order valence-electron chi connectivity index (χ3n) is 3.08. The molecule has 7 nitrogen and oxygen atoms in total. The van der Waals surface area contributed by atoms with Crippen molar-refractivity contribution in [2.24, 2.45) is 0 Å². The molecule has 0 bridgehead atoms. The SMILES string of the molecule is O=C(O)c1cc(S(=O)(=O)N(CCO)C2CC2)ccc1O. The third-order valence-corrected chi connectivity index (χ3v) is 5.03. The van der Waals surface area contributed by atoms with Crippen molar-refractivity contribution in [1.29, 1.82) is 0 Å². The summed E-state index contributed by atoms with van der Waals surface area (Å²) in [7, 11) is -3.87. The number of carboxylic acid groups (broad SMARTS) is 1. The number of benzene rings is 1. The van der Waals surface area contributed by atoms with Crippen LogP contribution in [0.4, 0.5) is 0 Å². The summed E-state index contributed by atoms with van der Waals surface area (Å²) in [5.41, 5.74) is -0.467. The fourth-order valence-corrected chi connectivity index (χ4v) is 3.65. The van der Waals surface area contributed by atoms with Crippen LogP contribution in [0.5, 0.6) is 5.75 Å². The number of aromatic hydroxyl groups is 1. The summed E-state index contributed by atoms with van der Waals surface area (Å²) in [6.45, 7) is -0.337. The molecule has 0 unspecified atom stereocenters. The molecule has 0 aliphatic heterocycles. The van der Waals surface area contributed by atoms with Gasteiger partial charge in [0, 0.05) is 12.6 Å². The van der Waals surface area contributed by atoms with Gasteiger partial charge in [0.05, 0.1) is 11.5 Å². The summed E-state index contributed by atoms with van der Waals surface area (Å²) in [4.78, 5) is 10.7. The van der Waals surface area contributed by atoms with E-state index < -0.39 is 27.3 Å². The van der Waals surface area contributed by atoms with Gasteiger partial charge in [-0.05, 0) is 31.0 Å². The number of aromatic carboxylic acids is 1. The van der Waals surface area contributed by atoms with Crippen LogP contribution in [0.3, 0.4) is 0 Å². The van der Waals surface area contributed by atoms with Gasteiger partial charge in [-0.25, -0.2) is 13.2 Å². The number of aliphatic hydroxyl groups is 1. The van der Waals surface area contributed by atoms with Gasteiger partial charge >= 0.3 is 5.97 Å². The number of rotatable bonds is 6.